The van der Waals surface area contributed by atoms with Crippen LogP contribution in [-0.4, -0.2) is 22.5 Å². The molecule has 1 atom stereocenters. The van der Waals surface area contributed by atoms with Gasteiger partial charge in [0.2, 0.25) is 5.91 Å². The first-order chi connectivity index (χ1) is 14.1. The normalized spacial score (nSPS) is 16.1. The molecule has 1 heterocycles. The lowest BCUT2D eigenvalue weighted by Gasteiger charge is -2.24. The van der Waals surface area contributed by atoms with Crippen molar-refractivity contribution in [3.63, 3.8) is 0 Å². The summed E-state index contributed by atoms with van der Waals surface area (Å²) in [6, 6.07) is 25.3. The van der Waals surface area contributed by atoms with E-state index in [1.165, 1.54) is 0 Å². The molecule has 0 radical (unpaired) electrons. The fourth-order valence-corrected chi connectivity index (χ4v) is 4.59. The van der Waals surface area contributed by atoms with Crippen molar-refractivity contribution < 1.29 is 9.59 Å². The largest absolute Gasteiger partial charge is 0.322 e. The minimum absolute atomic E-state index is 0.0309. The highest BCUT2D eigenvalue weighted by atomic mass is 32.2. The van der Waals surface area contributed by atoms with E-state index in [1.807, 2.05) is 90.7 Å². The molecule has 2 amide bonds. The van der Waals surface area contributed by atoms with Gasteiger partial charge in [0.15, 0.2) is 0 Å². The van der Waals surface area contributed by atoms with Crippen molar-refractivity contribution in [2.24, 2.45) is 0 Å². The zero-order valence-electron chi connectivity index (χ0n) is 16.2. The summed E-state index contributed by atoms with van der Waals surface area (Å²) in [5.74, 6) is 0.483. The van der Waals surface area contributed by atoms with Crippen LogP contribution in [-0.2, 0) is 11.3 Å². The third-order valence-corrected chi connectivity index (χ3v) is 6.15. The summed E-state index contributed by atoms with van der Waals surface area (Å²) in [7, 11) is 0. The number of carbonyl (C=O) groups excluding carboxylic acids is 2. The van der Waals surface area contributed by atoms with E-state index in [0.29, 0.717) is 17.9 Å². The molecule has 1 aliphatic rings. The van der Waals surface area contributed by atoms with Crippen molar-refractivity contribution in [2.45, 2.75) is 18.8 Å². The number of carbonyl (C=O) groups is 2. The van der Waals surface area contributed by atoms with Gasteiger partial charge in [0.1, 0.15) is 5.37 Å². The summed E-state index contributed by atoms with van der Waals surface area (Å²) >= 11 is 1.63. The highest BCUT2D eigenvalue weighted by molar-refractivity contribution is 8.00. The lowest BCUT2D eigenvalue weighted by atomic mass is 10.1. The van der Waals surface area contributed by atoms with Gasteiger partial charge in [-0.2, -0.15) is 0 Å². The van der Waals surface area contributed by atoms with Crippen molar-refractivity contribution >= 4 is 29.3 Å². The molecule has 29 heavy (non-hydrogen) atoms. The Bertz CT molecular complexity index is 1020. The molecule has 4 nitrogen and oxygen atoms in total. The van der Waals surface area contributed by atoms with Gasteiger partial charge in [-0.15, -0.1) is 11.8 Å². The van der Waals surface area contributed by atoms with Crippen LogP contribution in [0.3, 0.4) is 0 Å². The van der Waals surface area contributed by atoms with Gasteiger partial charge in [0, 0.05) is 17.8 Å². The number of thioether (sulfide) groups is 1. The van der Waals surface area contributed by atoms with Crippen molar-refractivity contribution in [2.75, 3.05) is 11.1 Å². The molecular formula is C24H22N2O2S. The Morgan fingerprint density at radius 1 is 1.03 bits per heavy atom. The van der Waals surface area contributed by atoms with Gasteiger partial charge in [-0.25, -0.2) is 0 Å². The fourth-order valence-electron chi connectivity index (χ4n) is 3.41. The van der Waals surface area contributed by atoms with E-state index in [9.17, 15) is 9.59 Å². The van der Waals surface area contributed by atoms with Crippen molar-refractivity contribution in [1.29, 1.82) is 0 Å². The molecule has 3 aromatic rings. The Balaban J connectivity index is 1.47. The molecule has 3 aromatic carbocycles. The number of nitrogens with one attached hydrogen (secondary N) is 1. The molecule has 0 bridgehead atoms. The summed E-state index contributed by atoms with van der Waals surface area (Å²) < 4.78 is 0. The Morgan fingerprint density at radius 2 is 1.79 bits per heavy atom. The smallest absolute Gasteiger partial charge is 0.255 e. The lowest BCUT2D eigenvalue weighted by Crippen LogP contribution is -2.27. The zero-order valence-corrected chi connectivity index (χ0v) is 17.0. The highest BCUT2D eigenvalue weighted by Gasteiger charge is 2.32. The van der Waals surface area contributed by atoms with E-state index in [-0.39, 0.29) is 17.2 Å². The molecule has 1 N–H and O–H groups in total. The Labute approximate surface area is 174 Å². The SMILES string of the molecule is Cc1cccc(NC(=O)c2ccc([C@H]3SCC(=O)N3Cc3ccccc3)cc2)c1. The molecule has 0 saturated carbocycles. The average molecular weight is 403 g/mol. The summed E-state index contributed by atoms with van der Waals surface area (Å²) in [6.07, 6.45) is 0. The molecule has 4 rings (SSSR count). The maximum atomic E-state index is 12.5. The number of rotatable bonds is 5. The summed E-state index contributed by atoms with van der Waals surface area (Å²) in [5, 5.41) is 2.90. The fraction of sp³-hybridized carbons (Fsp3) is 0.167. The van der Waals surface area contributed by atoms with Crippen molar-refractivity contribution in [3.8, 4) is 0 Å². The van der Waals surface area contributed by atoms with Crippen LogP contribution in [0.1, 0.15) is 32.4 Å². The third kappa shape index (κ3) is 4.51. The summed E-state index contributed by atoms with van der Waals surface area (Å²) in [6.45, 7) is 2.58. The van der Waals surface area contributed by atoms with Crippen LogP contribution in [0.15, 0.2) is 78.9 Å². The van der Waals surface area contributed by atoms with E-state index in [2.05, 4.69) is 5.32 Å². The molecule has 146 valence electrons. The second-order valence-corrected chi connectivity index (χ2v) is 8.18. The van der Waals surface area contributed by atoms with E-state index in [1.54, 1.807) is 11.8 Å². The number of aryl methyl sites for hydroxylation is 1. The quantitative estimate of drug-likeness (QED) is 0.652. The molecule has 1 aliphatic heterocycles. The number of anilines is 1. The molecule has 0 aliphatic carbocycles. The van der Waals surface area contributed by atoms with Gasteiger partial charge in [-0.1, -0.05) is 54.6 Å². The number of nitrogens with zero attached hydrogens (tertiary/aromatic N) is 1. The Hall–Kier alpha value is -3.05. The van der Waals surface area contributed by atoms with E-state index >= 15 is 0 Å². The lowest BCUT2D eigenvalue weighted by molar-refractivity contribution is -0.128. The number of hydrogen-bond donors (Lipinski definition) is 1. The minimum atomic E-state index is -0.140. The maximum Gasteiger partial charge on any atom is 0.255 e. The van der Waals surface area contributed by atoms with Crippen LogP contribution in [0.5, 0.6) is 0 Å². The number of amides is 2. The average Bonchev–Trinajstić information content (AvgIpc) is 3.09. The second kappa shape index (κ2) is 8.53. The number of hydrogen-bond acceptors (Lipinski definition) is 3. The van der Waals surface area contributed by atoms with Gasteiger partial charge in [0.05, 0.1) is 5.75 Å². The number of benzene rings is 3. The topological polar surface area (TPSA) is 49.4 Å². The maximum absolute atomic E-state index is 12.5. The Morgan fingerprint density at radius 3 is 2.52 bits per heavy atom. The van der Waals surface area contributed by atoms with Gasteiger partial charge in [0.25, 0.3) is 5.91 Å². The predicted molar refractivity (Wildman–Crippen MR) is 118 cm³/mol. The van der Waals surface area contributed by atoms with Crippen LogP contribution in [0, 0.1) is 6.92 Å². The first kappa shape index (κ1) is 19.3. The standard InChI is InChI=1S/C24H22N2O2S/c1-17-6-5-9-21(14-17)25-23(28)19-10-12-20(13-11-19)24-26(22(27)16-29-24)15-18-7-3-2-4-8-18/h2-14,24H,15-16H2,1H3,(H,25,28)/t24-/m1/s1. The first-order valence-corrected chi connectivity index (χ1v) is 10.6. The zero-order chi connectivity index (χ0) is 20.2. The predicted octanol–water partition coefficient (Wildman–Crippen LogP) is 5.02. The van der Waals surface area contributed by atoms with Gasteiger partial charge < -0.3 is 10.2 Å². The molecular weight excluding hydrogens is 380 g/mol. The van der Waals surface area contributed by atoms with E-state index < -0.39 is 0 Å². The molecule has 0 spiro atoms. The van der Waals surface area contributed by atoms with Gasteiger partial charge in [-0.3, -0.25) is 9.59 Å². The third-order valence-electron chi connectivity index (χ3n) is 4.90. The van der Waals surface area contributed by atoms with Crippen LogP contribution >= 0.6 is 11.8 Å². The van der Waals surface area contributed by atoms with E-state index in [0.717, 1.165) is 22.4 Å². The molecule has 5 heteroatoms. The van der Waals surface area contributed by atoms with Crippen molar-refractivity contribution in [1.82, 2.24) is 4.90 Å². The molecule has 1 fully saturated rings. The van der Waals surface area contributed by atoms with Crippen LogP contribution in [0.25, 0.3) is 0 Å². The van der Waals surface area contributed by atoms with Crippen LogP contribution in [0.4, 0.5) is 5.69 Å². The minimum Gasteiger partial charge on any atom is -0.322 e. The highest BCUT2D eigenvalue weighted by Crippen LogP contribution is 2.39. The monoisotopic (exact) mass is 402 g/mol. The molecule has 1 saturated heterocycles. The summed E-state index contributed by atoms with van der Waals surface area (Å²) in [5.41, 5.74) is 4.62. The Kier molecular flexibility index (Phi) is 5.67. The molecule has 0 aromatic heterocycles. The van der Waals surface area contributed by atoms with Crippen LogP contribution in [0.2, 0.25) is 0 Å². The van der Waals surface area contributed by atoms with Gasteiger partial charge in [-0.05, 0) is 47.9 Å². The van der Waals surface area contributed by atoms with Gasteiger partial charge >= 0.3 is 0 Å². The van der Waals surface area contributed by atoms with E-state index in [4.69, 9.17) is 0 Å². The van der Waals surface area contributed by atoms with Crippen molar-refractivity contribution in [3.05, 3.63) is 101 Å². The van der Waals surface area contributed by atoms with Crippen LogP contribution < -0.4 is 5.32 Å². The summed E-state index contributed by atoms with van der Waals surface area (Å²) in [4.78, 5) is 26.8. The second-order valence-electron chi connectivity index (χ2n) is 7.12. The first-order valence-electron chi connectivity index (χ1n) is 9.53. The molecule has 0 unspecified atom stereocenters.